The molecule has 2 aromatic rings. The Morgan fingerprint density at radius 3 is 2.17 bits per heavy atom. The molecule has 0 aromatic heterocycles. The third-order valence-electron chi connectivity index (χ3n) is 2.80. The average Bonchev–Trinajstić information content (AvgIpc) is 2.54. The number of benzene rings is 2. The van der Waals surface area contributed by atoms with E-state index < -0.39 is 12.3 Å². The van der Waals surface area contributed by atoms with Gasteiger partial charge in [0, 0.05) is 10.6 Å². The first kappa shape index (κ1) is 18.0. The Morgan fingerprint density at radius 1 is 1.04 bits per heavy atom. The summed E-state index contributed by atoms with van der Waals surface area (Å²) in [5.74, 6) is -0.226. The minimum Gasteiger partial charge on any atom is -0.484 e. The van der Waals surface area contributed by atoms with Crippen LogP contribution in [-0.4, -0.2) is 25.1 Å². The summed E-state index contributed by atoms with van der Waals surface area (Å²) in [4.78, 5) is 12.8. The van der Waals surface area contributed by atoms with Crippen molar-refractivity contribution in [3.8, 4) is 11.5 Å². The first-order chi connectivity index (χ1) is 11.4. The largest absolute Gasteiger partial charge is 0.573 e. The zero-order valence-corrected chi connectivity index (χ0v) is 13.4. The molecule has 0 aliphatic rings. The van der Waals surface area contributed by atoms with Crippen molar-refractivity contribution >= 4 is 23.4 Å². The average molecular weight is 357 g/mol. The van der Waals surface area contributed by atoms with Crippen LogP contribution in [0.15, 0.2) is 53.4 Å². The number of thioether (sulfide) groups is 1. The first-order valence-electron chi connectivity index (χ1n) is 6.78. The summed E-state index contributed by atoms with van der Waals surface area (Å²) < 4.78 is 45.2. The van der Waals surface area contributed by atoms with E-state index in [9.17, 15) is 18.0 Å². The van der Waals surface area contributed by atoms with Gasteiger partial charge in [0.1, 0.15) is 11.5 Å². The molecule has 0 aliphatic heterocycles. The predicted molar refractivity (Wildman–Crippen MR) is 85.5 cm³/mol. The fraction of sp³-hybridized carbons (Fsp3) is 0.188. The second-order valence-corrected chi connectivity index (χ2v) is 5.46. The number of carbonyl (C=O) groups is 1. The summed E-state index contributed by atoms with van der Waals surface area (Å²) in [6.45, 7) is -0.209. The number of rotatable bonds is 6. The van der Waals surface area contributed by atoms with Crippen molar-refractivity contribution in [1.82, 2.24) is 0 Å². The van der Waals surface area contributed by atoms with Crippen LogP contribution in [0.2, 0.25) is 0 Å². The molecule has 0 atom stereocenters. The molecule has 8 heteroatoms. The number of anilines is 1. The Kier molecular flexibility index (Phi) is 5.97. The van der Waals surface area contributed by atoms with Crippen LogP contribution >= 0.6 is 11.8 Å². The number of amides is 1. The maximum absolute atomic E-state index is 12.1. The quantitative estimate of drug-likeness (QED) is 0.782. The predicted octanol–water partition coefficient (Wildman–Crippen LogP) is 4.32. The van der Waals surface area contributed by atoms with E-state index in [-0.39, 0.29) is 12.4 Å². The van der Waals surface area contributed by atoms with Gasteiger partial charge in [-0.25, -0.2) is 0 Å². The van der Waals surface area contributed by atoms with Gasteiger partial charge in [-0.3, -0.25) is 4.79 Å². The molecular formula is C16H14F3NO3S. The zero-order chi connectivity index (χ0) is 17.6. The van der Waals surface area contributed by atoms with Crippen LogP contribution < -0.4 is 14.8 Å². The zero-order valence-electron chi connectivity index (χ0n) is 12.6. The first-order valence-corrected chi connectivity index (χ1v) is 8.01. The van der Waals surface area contributed by atoms with Crippen molar-refractivity contribution in [2.75, 3.05) is 18.2 Å². The molecule has 0 saturated carbocycles. The fourth-order valence-electron chi connectivity index (χ4n) is 1.76. The molecule has 0 spiro atoms. The molecule has 0 radical (unpaired) electrons. The maximum atomic E-state index is 12.1. The van der Waals surface area contributed by atoms with E-state index in [4.69, 9.17) is 4.74 Å². The molecular weight excluding hydrogens is 343 g/mol. The Bertz CT molecular complexity index is 672. The number of alkyl halides is 3. The lowest BCUT2D eigenvalue weighted by molar-refractivity contribution is -0.274. The van der Waals surface area contributed by atoms with Gasteiger partial charge in [-0.05, 0) is 54.8 Å². The van der Waals surface area contributed by atoms with Crippen LogP contribution in [0, 0.1) is 0 Å². The molecule has 128 valence electrons. The van der Waals surface area contributed by atoms with E-state index in [1.54, 1.807) is 23.9 Å². The van der Waals surface area contributed by atoms with Crippen LogP contribution in [-0.2, 0) is 4.79 Å². The SMILES string of the molecule is CSc1ccc(OCC(=O)Nc2ccc(OC(F)(F)F)cc2)cc1. The topological polar surface area (TPSA) is 47.6 Å². The smallest absolute Gasteiger partial charge is 0.484 e. The lowest BCUT2D eigenvalue weighted by Gasteiger charge is -2.10. The van der Waals surface area contributed by atoms with Gasteiger partial charge in [-0.2, -0.15) is 0 Å². The number of nitrogens with one attached hydrogen (secondary N) is 1. The second kappa shape index (κ2) is 7.96. The van der Waals surface area contributed by atoms with Gasteiger partial charge in [0.25, 0.3) is 5.91 Å². The van der Waals surface area contributed by atoms with E-state index >= 15 is 0 Å². The molecule has 2 rings (SSSR count). The molecule has 0 bridgehead atoms. The van der Waals surface area contributed by atoms with E-state index in [2.05, 4.69) is 10.1 Å². The van der Waals surface area contributed by atoms with Crippen molar-refractivity contribution in [3.63, 3.8) is 0 Å². The summed E-state index contributed by atoms with van der Waals surface area (Å²) in [6.07, 6.45) is -2.79. The molecule has 0 heterocycles. The fourth-order valence-corrected chi connectivity index (χ4v) is 2.17. The van der Waals surface area contributed by atoms with Gasteiger partial charge in [0.2, 0.25) is 0 Å². The van der Waals surface area contributed by atoms with Crippen molar-refractivity contribution < 1.29 is 27.4 Å². The van der Waals surface area contributed by atoms with Crippen LogP contribution in [0.5, 0.6) is 11.5 Å². The highest BCUT2D eigenvalue weighted by molar-refractivity contribution is 7.98. The number of halogens is 3. The Balaban J connectivity index is 1.83. The Labute approximate surface area is 141 Å². The molecule has 0 saturated heterocycles. The summed E-state index contributed by atoms with van der Waals surface area (Å²) in [5, 5.41) is 2.52. The van der Waals surface area contributed by atoms with Crippen molar-refractivity contribution in [2.24, 2.45) is 0 Å². The standard InChI is InChI=1S/C16H14F3NO3S/c1-24-14-8-6-12(7-9-14)22-10-15(21)20-11-2-4-13(5-3-11)23-16(17,18)19/h2-9H,10H2,1H3,(H,20,21). The molecule has 4 nitrogen and oxygen atoms in total. The number of carbonyl (C=O) groups excluding carboxylic acids is 1. The van der Waals surface area contributed by atoms with Crippen LogP contribution in [0.4, 0.5) is 18.9 Å². The molecule has 0 aliphatic carbocycles. The van der Waals surface area contributed by atoms with Gasteiger partial charge >= 0.3 is 6.36 Å². The van der Waals surface area contributed by atoms with E-state index in [1.807, 2.05) is 18.4 Å². The molecule has 0 unspecified atom stereocenters. The highest BCUT2D eigenvalue weighted by Gasteiger charge is 2.30. The van der Waals surface area contributed by atoms with Crippen molar-refractivity contribution in [1.29, 1.82) is 0 Å². The molecule has 1 amide bonds. The van der Waals surface area contributed by atoms with Gasteiger partial charge in [-0.1, -0.05) is 0 Å². The third-order valence-corrected chi connectivity index (χ3v) is 3.54. The summed E-state index contributed by atoms with van der Waals surface area (Å²) in [6, 6.07) is 12.1. The van der Waals surface area contributed by atoms with Gasteiger partial charge < -0.3 is 14.8 Å². The Morgan fingerprint density at radius 2 is 1.62 bits per heavy atom. The van der Waals surface area contributed by atoms with E-state index in [0.29, 0.717) is 11.4 Å². The lowest BCUT2D eigenvalue weighted by Crippen LogP contribution is -2.20. The highest BCUT2D eigenvalue weighted by atomic mass is 32.2. The van der Waals surface area contributed by atoms with Gasteiger partial charge in [0.05, 0.1) is 0 Å². The van der Waals surface area contributed by atoms with Crippen LogP contribution in [0.1, 0.15) is 0 Å². The van der Waals surface area contributed by atoms with Crippen LogP contribution in [0.25, 0.3) is 0 Å². The lowest BCUT2D eigenvalue weighted by atomic mass is 10.3. The molecule has 24 heavy (non-hydrogen) atoms. The second-order valence-electron chi connectivity index (χ2n) is 4.58. The van der Waals surface area contributed by atoms with E-state index in [0.717, 1.165) is 17.0 Å². The van der Waals surface area contributed by atoms with Gasteiger partial charge in [0.15, 0.2) is 6.61 Å². The summed E-state index contributed by atoms with van der Waals surface area (Å²) >= 11 is 1.59. The monoisotopic (exact) mass is 357 g/mol. The number of hydrogen-bond donors (Lipinski definition) is 1. The van der Waals surface area contributed by atoms with Crippen LogP contribution in [0.3, 0.4) is 0 Å². The number of hydrogen-bond acceptors (Lipinski definition) is 4. The molecule has 2 aromatic carbocycles. The minimum atomic E-state index is -4.75. The van der Waals surface area contributed by atoms with Crippen molar-refractivity contribution in [2.45, 2.75) is 11.3 Å². The molecule has 1 N–H and O–H groups in total. The third kappa shape index (κ3) is 6.04. The summed E-state index contributed by atoms with van der Waals surface area (Å²) in [5.41, 5.74) is 0.343. The minimum absolute atomic E-state index is 0.209. The Hall–Kier alpha value is -2.35. The summed E-state index contributed by atoms with van der Waals surface area (Å²) in [7, 11) is 0. The van der Waals surface area contributed by atoms with Gasteiger partial charge in [-0.15, -0.1) is 24.9 Å². The molecule has 0 fully saturated rings. The highest BCUT2D eigenvalue weighted by Crippen LogP contribution is 2.24. The van der Waals surface area contributed by atoms with E-state index in [1.165, 1.54) is 12.1 Å². The maximum Gasteiger partial charge on any atom is 0.573 e. The number of ether oxygens (including phenoxy) is 2. The van der Waals surface area contributed by atoms with Crippen molar-refractivity contribution in [3.05, 3.63) is 48.5 Å². The normalized spacial score (nSPS) is 11.0.